The summed E-state index contributed by atoms with van der Waals surface area (Å²) in [5.41, 5.74) is -0.652. The van der Waals surface area contributed by atoms with Crippen LogP contribution in [0.2, 0.25) is 0 Å². The Morgan fingerprint density at radius 2 is 2.05 bits per heavy atom. The van der Waals surface area contributed by atoms with E-state index in [2.05, 4.69) is 0 Å². The number of β-amino-alcohol motifs (C(OH)–C–C–N with tert-alkyl or cyclic N) is 1. The van der Waals surface area contributed by atoms with Crippen LogP contribution in [0.3, 0.4) is 0 Å². The summed E-state index contributed by atoms with van der Waals surface area (Å²) in [7, 11) is 1.64. The molecule has 0 radical (unpaired) electrons. The highest BCUT2D eigenvalue weighted by molar-refractivity contribution is 5.76. The van der Waals surface area contributed by atoms with Gasteiger partial charge in [-0.1, -0.05) is 12.1 Å². The van der Waals surface area contributed by atoms with Gasteiger partial charge in [0, 0.05) is 20.1 Å². The molecule has 1 aliphatic rings. The van der Waals surface area contributed by atoms with Gasteiger partial charge in [-0.3, -0.25) is 0 Å². The van der Waals surface area contributed by atoms with Gasteiger partial charge in [0.05, 0.1) is 18.2 Å². The minimum Gasteiger partial charge on any atom is -0.387 e. The summed E-state index contributed by atoms with van der Waals surface area (Å²) in [6.45, 7) is 1.00. The second-order valence-electron chi connectivity index (χ2n) is 4.79. The molecule has 1 atom stereocenters. The summed E-state index contributed by atoms with van der Waals surface area (Å²) < 4.78 is 37.8. The van der Waals surface area contributed by atoms with Crippen LogP contribution in [0.4, 0.5) is 18.0 Å². The molecule has 0 saturated carbocycles. The third kappa shape index (κ3) is 3.04. The monoisotopic (exact) mass is 288 g/mol. The predicted octanol–water partition coefficient (Wildman–Crippen LogP) is 2.11. The molecule has 4 nitrogen and oxygen atoms in total. The van der Waals surface area contributed by atoms with Crippen LogP contribution in [0, 0.1) is 0 Å². The fraction of sp³-hybridized carbons (Fsp3) is 0.462. The lowest BCUT2D eigenvalue weighted by Gasteiger charge is -2.20. The maximum Gasteiger partial charge on any atom is 0.416 e. The first kappa shape index (κ1) is 14.6. The maximum absolute atomic E-state index is 12.6. The number of amides is 2. The van der Waals surface area contributed by atoms with Crippen LogP contribution >= 0.6 is 0 Å². The maximum atomic E-state index is 12.6. The molecule has 1 saturated heterocycles. The van der Waals surface area contributed by atoms with Gasteiger partial charge in [0.15, 0.2) is 0 Å². The number of alkyl halides is 3. The minimum atomic E-state index is -4.45. The van der Waals surface area contributed by atoms with Crippen LogP contribution in [0.5, 0.6) is 0 Å². The van der Waals surface area contributed by atoms with E-state index < -0.39 is 17.8 Å². The van der Waals surface area contributed by atoms with Crippen molar-refractivity contribution in [3.63, 3.8) is 0 Å². The number of hydrogen-bond donors (Lipinski definition) is 1. The topological polar surface area (TPSA) is 43.8 Å². The van der Waals surface area contributed by atoms with E-state index in [-0.39, 0.29) is 18.1 Å². The van der Waals surface area contributed by atoms with Gasteiger partial charge in [0.2, 0.25) is 0 Å². The van der Waals surface area contributed by atoms with Crippen LogP contribution in [-0.4, -0.2) is 47.6 Å². The Labute approximate surface area is 114 Å². The first-order chi connectivity index (χ1) is 9.29. The summed E-state index contributed by atoms with van der Waals surface area (Å²) in [5, 5.41) is 10.00. The van der Waals surface area contributed by atoms with Crippen molar-refractivity contribution in [2.24, 2.45) is 0 Å². The van der Waals surface area contributed by atoms with Crippen LogP contribution < -0.4 is 0 Å². The van der Waals surface area contributed by atoms with E-state index in [1.165, 1.54) is 21.9 Å². The van der Waals surface area contributed by atoms with E-state index in [9.17, 15) is 23.1 Å². The third-order valence-corrected chi connectivity index (χ3v) is 3.29. The quantitative estimate of drug-likeness (QED) is 0.925. The molecule has 0 aromatic heterocycles. The second-order valence-corrected chi connectivity index (χ2v) is 4.79. The van der Waals surface area contributed by atoms with Gasteiger partial charge in [0.1, 0.15) is 0 Å². The van der Waals surface area contributed by atoms with Gasteiger partial charge in [-0.15, -0.1) is 0 Å². The van der Waals surface area contributed by atoms with E-state index in [1.54, 1.807) is 7.05 Å². The van der Waals surface area contributed by atoms with Crippen LogP contribution in [-0.2, 0) is 6.18 Å². The zero-order valence-corrected chi connectivity index (χ0v) is 10.9. The number of aliphatic hydroxyl groups excluding tert-OH is 1. The third-order valence-electron chi connectivity index (χ3n) is 3.29. The lowest BCUT2D eigenvalue weighted by atomic mass is 10.1. The molecule has 1 unspecified atom stereocenters. The Bertz CT molecular complexity index is 505. The van der Waals surface area contributed by atoms with Gasteiger partial charge in [0.25, 0.3) is 0 Å². The van der Waals surface area contributed by atoms with Crippen molar-refractivity contribution in [2.45, 2.75) is 12.3 Å². The van der Waals surface area contributed by atoms with Crippen molar-refractivity contribution in [3.8, 4) is 0 Å². The fourth-order valence-corrected chi connectivity index (χ4v) is 2.11. The van der Waals surface area contributed by atoms with E-state index in [0.717, 1.165) is 12.1 Å². The van der Waals surface area contributed by atoms with Crippen molar-refractivity contribution in [1.29, 1.82) is 0 Å². The summed E-state index contributed by atoms with van der Waals surface area (Å²) in [6, 6.07) is 4.31. The summed E-state index contributed by atoms with van der Waals surface area (Å²) >= 11 is 0. The first-order valence-electron chi connectivity index (χ1n) is 6.14. The number of halogens is 3. The number of urea groups is 1. The molecule has 0 aliphatic carbocycles. The molecule has 1 N–H and O–H groups in total. The number of carbonyl (C=O) groups excluding carboxylic acids is 1. The van der Waals surface area contributed by atoms with Crippen LogP contribution in [0.1, 0.15) is 17.2 Å². The molecule has 20 heavy (non-hydrogen) atoms. The number of hydrogen-bond acceptors (Lipinski definition) is 2. The Balaban J connectivity index is 2.10. The number of carbonyl (C=O) groups is 1. The number of nitrogens with zero attached hydrogens (tertiary/aromatic N) is 2. The molecule has 110 valence electrons. The van der Waals surface area contributed by atoms with Gasteiger partial charge in [-0.05, 0) is 17.7 Å². The summed E-state index contributed by atoms with van der Waals surface area (Å²) in [4.78, 5) is 14.6. The lowest BCUT2D eigenvalue weighted by Crippen LogP contribution is -2.33. The van der Waals surface area contributed by atoms with Crippen LogP contribution in [0.15, 0.2) is 24.3 Å². The zero-order chi connectivity index (χ0) is 14.9. The molecule has 2 rings (SSSR count). The molecule has 1 aliphatic heterocycles. The lowest BCUT2D eigenvalue weighted by molar-refractivity contribution is -0.137. The molecule has 1 heterocycles. The standard InChI is InChI=1S/C13H15F3N2O2/c1-17-5-6-18(12(17)20)8-11(19)9-3-2-4-10(7-9)13(14,15)16/h2-4,7,11,19H,5-6,8H2,1H3. The fourth-order valence-electron chi connectivity index (χ4n) is 2.11. The molecule has 0 spiro atoms. The molecule has 1 fully saturated rings. The largest absolute Gasteiger partial charge is 0.416 e. The SMILES string of the molecule is CN1CCN(CC(O)c2cccc(C(F)(F)F)c2)C1=O. The van der Waals surface area contributed by atoms with Crippen molar-refractivity contribution in [2.75, 3.05) is 26.7 Å². The summed E-state index contributed by atoms with van der Waals surface area (Å²) in [5.74, 6) is 0. The highest BCUT2D eigenvalue weighted by Crippen LogP contribution is 2.31. The van der Waals surface area contributed by atoms with E-state index >= 15 is 0 Å². The van der Waals surface area contributed by atoms with Crippen molar-refractivity contribution >= 4 is 6.03 Å². The molecule has 7 heteroatoms. The Morgan fingerprint density at radius 1 is 1.35 bits per heavy atom. The average Bonchev–Trinajstić information content (AvgIpc) is 2.70. The number of aliphatic hydroxyl groups is 1. The molecule has 1 aromatic carbocycles. The average molecular weight is 288 g/mol. The minimum absolute atomic E-state index is 0.00944. The van der Waals surface area contributed by atoms with Gasteiger partial charge in [-0.25, -0.2) is 4.79 Å². The van der Waals surface area contributed by atoms with Crippen LogP contribution in [0.25, 0.3) is 0 Å². The summed E-state index contributed by atoms with van der Waals surface area (Å²) in [6.07, 6.45) is -5.58. The smallest absolute Gasteiger partial charge is 0.387 e. The second kappa shape index (κ2) is 5.32. The van der Waals surface area contributed by atoms with Gasteiger partial charge >= 0.3 is 12.2 Å². The molecule has 1 aromatic rings. The first-order valence-corrected chi connectivity index (χ1v) is 6.14. The predicted molar refractivity (Wildman–Crippen MR) is 66.0 cm³/mol. The van der Waals surface area contributed by atoms with Crippen molar-refractivity contribution < 1.29 is 23.1 Å². The molecule has 2 amide bonds. The van der Waals surface area contributed by atoms with Gasteiger partial charge < -0.3 is 14.9 Å². The van der Waals surface area contributed by atoms with Crippen molar-refractivity contribution in [1.82, 2.24) is 9.80 Å². The van der Waals surface area contributed by atoms with E-state index in [0.29, 0.717) is 13.1 Å². The Morgan fingerprint density at radius 3 is 2.60 bits per heavy atom. The Hall–Kier alpha value is -1.76. The zero-order valence-electron chi connectivity index (χ0n) is 10.9. The van der Waals surface area contributed by atoms with Gasteiger partial charge in [-0.2, -0.15) is 13.2 Å². The van der Waals surface area contributed by atoms with Crippen molar-refractivity contribution in [3.05, 3.63) is 35.4 Å². The van der Waals surface area contributed by atoms with E-state index in [1.807, 2.05) is 0 Å². The van der Waals surface area contributed by atoms with E-state index in [4.69, 9.17) is 0 Å². The molecular formula is C13H15F3N2O2. The molecule has 0 bridgehead atoms. The molecular weight excluding hydrogens is 273 g/mol. The number of likely N-dealkylation sites (N-methyl/N-ethyl adjacent to an activating group) is 1. The normalized spacial score (nSPS) is 17.8. The highest BCUT2D eigenvalue weighted by atomic mass is 19.4. The number of rotatable bonds is 3. The number of benzene rings is 1. The Kier molecular flexibility index (Phi) is 3.89. The highest BCUT2D eigenvalue weighted by Gasteiger charge is 2.32.